The van der Waals surface area contributed by atoms with Gasteiger partial charge < -0.3 is 15.8 Å². The zero-order valence-corrected chi connectivity index (χ0v) is 11.2. The van der Waals surface area contributed by atoms with Crippen molar-refractivity contribution < 1.29 is 18.3 Å². The summed E-state index contributed by atoms with van der Waals surface area (Å²) in [5, 5.41) is 2.45. The van der Waals surface area contributed by atoms with Crippen LogP contribution >= 0.6 is 0 Å². The van der Waals surface area contributed by atoms with Crippen molar-refractivity contribution in [3.05, 3.63) is 35.4 Å². The van der Waals surface area contributed by atoms with Gasteiger partial charge in [0.05, 0.1) is 6.04 Å². The van der Waals surface area contributed by atoms with Crippen LogP contribution < -0.4 is 11.1 Å². The number of hydrogen-bond donors (Lipinski definition) is 2. The van der Waals surface area contributed by atoms with E-state index in [1.54, 1.807) is 20.8 Å². The molecular formula is C13H18F2N2O2. The van der Waals surface area contributed by atoms with E-state index in [2.05, 4.69) is 5.32 Å². The zero-order valence-electron chi connectivity index (χ0n) is 11.2. The second-order valence-electron chi connectivity index (χ2n) is 5.10. The lowest BCUT2D eigenvalue weighted by Crippen LogP contribution is -2.38. The molecule has 0 bridgehead atoms. The molecule has 0 aliphatic rings. The Morgan fingerprint density at radius 1 is 1.42 bits per heavy atom. The average Bonchev–Trinajstić information content (AvgIpc) is 2.24. The molecule has 1 rings (SSSR count). The number of nitrogens with one attached hydrogen (secondary N) is 1. The summed E-state index contributed by atoms with van der Waals surface area (Å²) < 4.78 is 31.5. The van der Waals surface area contributed by atoms with Gasteiger partial charge in [-0.15, -0.1) is 0 Å². The minimum absolute atomic E-state index is 0.0260. The quantitative estimate of drug-likeness (QED) is 0.888. The minimum Gasteiger partial charge on any atom is -0.444 e. The summed E-state index contributed by atoms with van der Waals surface area (Å²) in [6.07, 6.45) is -0.702. The van der Waals surface area contributed by atoms with Gasteiger partial charge in [-0.25, -0.2) is 13.6 Å². The highest BCUT2D eigenvalue weighted by atomic mass is 19.1. The highest BCUT2D eigenvalue weighted by Gasteiger charge is 2.21. The average molecular weight is 272 g/mol. The van der Waals surface area contributed by atoms with Crippen molar-refractivity contribution >= 4 is 6.09 Å². The molecule has 1 atom stereocenters. The Labute approximate surface area is 110 Å². The summed E-state index contributed by atoms with van der Waals surface area (Å²) in [6.45, 7) is 5.11. The van der Waals surface area contributed by atoms with E-state index >= 15 is 0 Å². The van der Waals surface area contributed by atoms with E-state index in [1.807, 2.05) is 0 Å². The SMILES string of the molecule is CC(C)(C)OC(=O)N[C@H](CN)c1ccc(F)cc1F. The second kappa shape index (κ2) is 5.97. The third kappa shape index (κ3) is 4.82. The number of hydrogen-bond acceptors (Lipinski definition) is 3. The Morgan fingerprint density at radius 2 is 2.05 bits per heavy atom. The fraction of sp³-hybridized carbons (Fsp3) is 0.462. The fourth-order valence-electron chi connectivity index (χ4n) is 1.50. The largest absolute Gasteiger partial charge is 0.444 e. The van der Waals surface area contributed by atoms with Gasteiger partial charge in [0.2, 0.25) is 0 Å². The van der Waals surface area contributed by atoms with Crippen LogP contribution in [0.1, 0.15) is 32.4 Å². The van der Waals surface area contributed by atoms with Crippen molar-refractivity contribution in [3.63, 3.8) is 0 Å². The molecule has 19 heavy (non-hydrogen) atoms. The molecule has 0 aliphatic carbocycles. The fourth-order valence-corrected chi connectivity index (χ4v) is 1.50. The minimum atomic E-state index is -0.768. The Morgan fingerprint density at radius 3 is 2.53 bits per heavy atom. The van der Waals surface area contributed by atoms with Crippen molar-refractivity contribution in [2.45, 2.75) is 32.4 Å². The van der Waals surface area contributed by atoms with Gasteiger partial charge in [0.1, 0.15) is 17.2 Å². The van der Waals surface area contributed by atoms with Gasteiger partial charge in [-0.1, -0.05) is 6.07 Å². The number of rotatable bonds is 3. The molecule has 0 heterocycles. The number of amides is 1. The Balaban J connectivity index is 2.81. The summed E-state index contributed by atoms with van der Waals surface area (Å²) >= 11 is 0. The van der Waals surface area contributed by atoms with Crippen LogP contribution in [0, 0.1) is 11.6 Å². The topological polar surface area (TPSA) is 64.3 Å². The first-order valence-corrected chi connectivity index (χ1v) is 5.87. The van der Waals surface area contributed by atoms with Crippen LogP contribution in [0.25, 0.3) is 0 Å². The maximum absolute atomic E-state index is 13.6. The predicted octanol–water partition coefficient (Wildman–Crippen LogP) is 2.49. The number of carbonyl (C=O) groups is 1. The molecule has 0 unspecified atom stereocenters. The van der Waals surface area contributed by atoms with Crippen LogP contribution in [0.5, 0.6) is 0 Å². The zero-order chi connectivity index (χ0) is 14.6. The van der Waals surface area contributed by atoms with Crippen LogP contribution in [-0.4, -0.2) is 18.2 Å². The number of nitrogens with two attached hydrogens (primary N) is 1. The van der Waals surface area contributed by atoms with Crippen LogP contribution in [0.15, 0.2) is 18.2 Å². The first-order chi connectivity index (χ1) is 8.73. The molecule has 1 amide bonds. The van der Waals surface area contributed by atoms with Gasteiger partial charge in [-0.3, -0.25) is 0 Å². The first-order valence-electron chi connectivity index (χ1n) is 5.87. The summed E-state index contributed by atoms with van der Waals surface area (Å²) in [5.74, 6) is -1.44. The highest BCUT2D eigenvalue weighted by Crippen LogP contribution is 2.18. The van der Waals surface area contributed by atoms with Gasteiger partial charge in [0, 0.05) is 18.2 Å². The summed E-state index contributed by atoms with van der Waals surface area (Å²) in [5.41, 5.74) is 4.95. The van der Waals surface area contributed by atoms with E-state index < -0.39 is 29.4 Å². The third-order valence-corrected chi connectivity index (χ3v) is 2.26. The molecule has 0 radical (unpaired) electrons. The highest BCUT2D eigenvalue weighted by molar-refractivity contribution is 5.68. The molecule has 4 nitrogen and oxygen atoms in total. The summed E-state index contributed by atoms with van der Waals surface area (Å²) in [7, 11) is 0. The lowest BCUT2D eigenvalue weighted by Gasteiger charge is -2.23. The van der Waals surface area contributed by atoms with Crippen molar-refractivity contribution in [2.75, 3.05) is 6.54 Å². The molecule has 0 saturated heterocycles. The number of alkyl carbamates (subject to hydrolysis) is 1. The van der Waals surface area contributed by atoms with Gasteiger partial charge in [-0.2, -0.15) is 0 Å². The van der Waals surface area contributed by atoms with Crippen LogP contribution in [0.3, 0.4) is 0 Å². The molecule has 1 aromatic carbocycles. The van der Waals surface area contributed by atoms with Gasteiger partial charge in [0.25, 0.3) is 0 Å². The molecular weight excluding hydrogens is 254 g/mol. The number of carbonyl (C=O) groups excluding carboxylic acids is 1. The number of benzene rings is 1. The summed E-state index contributed by atoms with van der Waals surface area (Å²) in [6, 6.07) is 2.34. The van der Waals surface area contributed by atoms with E-state index in [4.69, 9.17) is 10.5 Å². The standard InChI is InChI=1S/C13H18F2N2O2/c1-13(2,3)19-12(18)17-11(7-16)9-5-4-8(14)6-10(9)15/h4-6,11H,7,16H2,1-3H3,(H,17,18)/t11-/m1/s1. The lowest BCUT2D eigenvalue weighted by molar-refractivity contribution is 0.0504. The molecule has 0 saturated carbocycles. The lowest BCUT2D eigenvalue weighted by atomic mass is 10.1. The molecule has 0 aromatic heterocycles. The van der Waals surface area contributed by atoms with Crippen molar-refractivity contribution in [1.82, 2.24) is 5.32 Å². The van der Waals surface area contributed by atoms with E-state index in [1.165, 1.54) is 6.07 Å². The number of halogens is 2. The number of ether oxygens (including phenoxy) is 1. The molecule has 0 spiro atoms. The van der Waals surface area contributed by atoms with Crippen LogP contribution in [0.4, 0.5) is 13.6 Å². The van der Waals surface area contributed by atoms with Gasteiger partial charge >= 0.3 is 6.09 Å². The molecule has 0 aliphatic heterocycles. The first kappa shape index (κ1) is 15.4. The Kier molecular flexibility index (Phi) is 4.83. The maximum atomic E-state index is 13.6. The molecule has 0 fully saturated rings. The van der Waals surface area contributed by atoms with Gasteiger partial charge in [-0.05, 0) is 26.8 Å². The summed E-state index contributed by atoms with van der Waals surface area (Å²) in [4.78, 5) is 11.6. The smallest absolute Gasteiger partial charge is 0.408 e. The van der Waals surface area contributed by atoms with E-state index in [9.17, 15) is 13.6 Å². The monoisotopic (exact) mass is 272 g/mol. The molecule has 6 heteroatoms. The molecule has 1 aromatic rings. The third-order valence-electron chi connectivity index (χ3n) is 2.26. The van der Waals surface area contributed by atoms with Crippen molar-refractivity contribution in [3.8, 4) is 0 Å². The van der Waals surface area contributed by atoms with Gasteiger partial charge in [0.15, 0.2) is 0 Å². The van der Waals surface area contributed by atoms with Crippen molar-refractivity contribution in [1.29, 1.82) is 0 Å². The van der Waals surface area contributed by atoms with Crippen LogP contribution in [-0.2, 0) is 4.74 Å². The van der Waals surface area contributed by atoms with E-state index in [0.29, 0.717) is 0 Å². The predicted molar refractivity (Wildman–Crippen MR) is 67.5 cm³/mol. The maximum Gasteiger partial charge on any atom is 0.408 e. The molecule has 3 N–H and O–H groups in total. The van der Waals surface area contributed by atoms with Crippen molar-refractivity contribution in [2.24, 2.45) is 5.73 Å². The molecule has 106 valence electrons. The Hall–Kier alpha value is -1.69. The second-order valence-corrected chi connectivity index (χ2v) is 5.10. The van der Waals surface area contributed by atoms with E-state index in [0.717, 1.165) is 12.1 Å². The van der Waals surface area contributed by atoms with E-state index in [-0.39, 0.29) is 12.1 Å². The van der Waals surface area contributed by atoms with Crippen LogP contribution in [0.2, 0.25) is 0 Å². The normalized spacial score (nSPS) is 12.9. The Bertz CT molecular complexity index is 458.